The van der Waals surface area contributed by atoms with Crippen molar-refractivity contribution >= 4 is 5.96 Å². The molecule has 0 unspecified atom stereocenters. The Kier molecular flexibility index (Phi) is 8.06. The molecule has 0 fully saturated rings. The molecule has 0 aliphatic heterocycles. The molecule has 0 saturated heterocycles. The predicted molar refractivity (Wildman–Crippen MR) is 56.2 cm³/mol. The lowest BCUT2D eigenvalue weighted by molar-refractivity contribution is 0.714. The summed E-state index contributed by atoms with van der Waals surface area (Å²) in [4.78, 5) is 4.02. The van der Waals surface area contributed by atoms with Crippen LogP contribution in [-0.4, -0.2) is 25.6 Å². The molecule has 0 amide bonds. The van der Waals surface area contributed by atoms with Gasteiger partial charge >= 0.3 is 0 Å². The lowest BCUT2D eigenvalue weighted by Crippen LogP contribution is -2.32. The third-order valence-corrected chi connectivity index (χ3v) is 1.48. The highest BCUT2D eigenvalue weighted by Gasteiger charge is 1.89. The zero-order valence-corrected chi connectivity index (χ0v) is 7.92. The Morgan fingerprint density at radius 2 is 2.23 bits per heavy atom. The Hall–Kier alpha value is -1.21. The fourth-order valence-electron chi connectivity index (χ4n) is 0.783. The van der Waals surface area contributed by atoms with Crippen LogP contribution in [0.25, 0.3) is 0 Å². The molecular formula is C9H18N4. The van der Waals surface area contributed by atoms with Crippen molar-refractivity contribution in [2.45, 2.75) is 19.3 Å². The Labute approximate surface area is 79.8 Å². The molecule has 0 atom stereocenters. The average Bonchev–Trinajstić information content (AvgIpc) is 2.13. The van der Waals surface area contributed by atoms with Crippen molar-refractivity contribution < 1.29 is 0 Å². The van der Waals surface area contributed by atoms with E-state index >= 15 is 0 Å². The lowest BCUT2D eigenvalue weighted by Gasteiger charge is -2.03. The van der Waals surface area contributed by atoms with E-state index in [1.54, 1.807) is 0 Å². The van der Waals surface area contributed by atoms with Crippen molar-refractivity contribution in [1.29, 1.82) is 0 Å². The van der Waals surface area contributed by atoms with Crippen molar-refractivity contribution in [3.63, 3.8) is 0 Å². The van der Waals surface area contributed by atoms with E-state index in [1.807, 2.05) is 0 Å². The Balaban J connectivity index is 3.33. The Morgan fingerprint density at radius 1 is 1.46 bits per heavy atom. The van der Waals surface area contributed by atoms with Gasteiger partial charge in [-0.1, -0.05) is 0 Å². The van der Waals surface area contributed by atoms with E-state index in [1.165, 1.54) is 0 Å². The van der Waals surface area contributed by atoms with Crippen molar-refractivity contribution in [3.05, 3.63) is 0 Å². The second-order valence-corrected chi connectivity index (χ2v) is 2.64. The van der Waals surface area contributed by atoms with E-state index in [0.717, 1.165) is 25.9 Å². The van der Waals surface area contributed by atoms with E-state index in [4.69, 9.17) is 17.9 Å². The number of hydrogen-bond acceptors (Lipinski definition) is 2. The third-order valence-electron chi connectivity index (χ3n) is 1.48. The van der Waals surface area contributed by atoms with E-state index in [9.17, 15) is 0 Å². The van der Waals surface area contributed by atoms with Crippen LogP contribution in [0.3, 0.4) is 0 Å². The number of terminal acetylenes is 1. The molecule has 0 spiro atoms. The molecule has 4 heteroatoms. The first-order valence-corrected chi connectivity index (χ1v) is 4.48. The second kappa shape index (κ2) is 8.88. The molecule has 0 bridgehead atoms. The first-order chi connectivity index (χ1) is 6.31. The topological polar surface area (TPSA) is 76.4 Å². The Bertz CT molecular complexity index is 181. The maximum atomic E-state index is 5.54. The number of nitrogens with two attached hydrogens (primary N) is 2. The maximum Gasteiger partial charge on any atom is 0.188 e. The van der Waals surface area contributed by atoms with Crippen LogP contribution in [0.5, 0.6) is 0 Å². The summed E-state index contributed by atoms with van der Waals surface area (Å²) in [6.45, 7) is 2.13. The molecule has 0 aromatic heterocycles. The Morgan fingerprint density at radius 3 is 2.85 bits per heavy atom. The highest BCUT2D eigenvalue weighted by Crippen LogP contribution is 1.82. The van der Waals surface area contributed by atoms with Crippen LogP contribution in [0.4, 0.5) is 0 Å². The number of rotatable bonds is 6. The normalized spacial score (nSPS) is 10.9. The third kappa shape index (κ3) is 8.70. The molecule has 0 radical (unpaired) electrons. The van der Waals surface area contributed by atoms with E-state index < -0.39 is 0 Å². The van der Waals surface area contributed by atoms with Gasteiger partial charge in [0.15, 0.2) is 5.96 Å². The van der Waals surface area contributed by atoms with Gasteiger partial charge in [-0.2, -0.15) is 0 Å². The van der Waals surface area contributed by atoms with Gasteiger partial charge in [-0.25, -0.2) is 0 Å². The molecule has 0 aliphatic carbocycles. The molecule has 0 aliphatic rings. The molecule has 0 aromatic carbocycles. The van der Waals surface area contributed by atoms with E-state index in [2.05, 4.69) is 16.2 Å². The molecule has 0 aromatic rings. The van der Waals surface area contributed by atoms with E-state index in [0.29, 0.717) is 18.9 Å². The maximum absolute atomic E-state index is 5.54. The van der Waals surface area contributed by atoms with Gasteiger partial charge in [-0.3, -0.25) is 4.99 Å². The fraction of sp³-hybridized carbons (Fsp3) is 0.667. The van der Waals surface area contributed by atoms with Crippen LogP contribution >= 0.6 is 0 Å². The lowest BCUT2D eigenvalue weighted by atomic mass is 10.3. The van der Waals surface area contributed by atoms with Gasteiger partial charge in [0, 0.05) is 13.0 Å². The number of nitrogens with one attached hydrogen (secondary N) is 1. The molecule has 4 nitrogen and oxygen atoms in total. The number of aliphatic imine (C=N–C) groups is 1. The molecule has 74 valence electrons. The molecule has 0 saturated carbocycles. The van der Waals surface area contributed by atoms with Crippen molar-refractivity contribution in [2.24, 2.45) is 16.5 Å². The first kappa shape index (κ1) is 11.8. The highest BCUT2D eigenvalue weighted by atomic mass is 15.1. The summed E-state index contributed by atoms with van der Waals surface area (Å²) in [6, 6.07) is 0. The van der Waals surface area contributed by atoms with Gasteiger partial charge in [-0.05, 0) is 19.4 Å². The number of hydrogen-bond donors (Lipinski definition) is 3. The minimum atomic E-state index is 0.465. The van der Waals surface area contributed by atoms with Crippen LogP contribution < -0.4 is 16.8 Å². The number of guanidine groups is 1. The summed E-state index contributed by atoms with van der Waals surface area (Å²) in [5, 5.41) is 2.98. The summed E-state index contributed by atoms with van der Waals surface area (Å²) < 4.78 is 0. The summed E-state index contributed by atoms with van der Waals surface area (Å²) >= 11 is 0. The van der Waals surface area contributed by atoms with Gasteiger partial charge in [0.1, 0.15) is 0 Å². The molecular weight excluding hydrogens is 164 g/mol. The molecule has 0 heterocycles. The van der Waals surface area contributed by atoms with Gasteiger partial charge < -0.3 is 16.8 Å². The minimum Gasteiger partial charge on any atom is -0.370 e. The standard InChI is InChI=1S/C9H18N4/c1-2-3-7-12-9(11)13-8-5-4-6-10/h1H,3-8,10H2,(H3,11,12,13). The van der Waals surface area contributed by atoms with Crippen LogP contribution in [0, 0.1) is 12.3 Å². The SMILES string of the molecule is C#CCCN=C(N)NCCCCN. The van der Waals surface area contributed by atoms with Crippen LogP contribution in [0.1, 0.15) is 19.3 Å². The summed E-state index contributed by atoms with van der Waals surface area (Å²) in [5.41, 5.74) is 10.9. The summed E-state index contributed by atoms with van der Waals surface area (Å²) in [6.07, 6.45) is 7.71. The zero-order chi connectivity index (χ0) is 9.94. The van der Waals surface area contributed by atoms with E-state index in [-0.39, 0.29) is 0 Å². The smallest absolute Gasteiger partial charge is 0.188 e. The van der Waals surface area contributed by atoms with Crippen molar-refractivity contribution in [2.75, 3.05) is 19.6 Å². The predicted octanol–water partition coefficient (Wildman–Crippen LogP) is -0.347. The second-order valence-electron chi connectivity index (χ2n) is 2.64. The van der Waals surface area contributed by atoms with Gasteiger partial charge in [0.25, 0.3) is 0 Å². The van der Waals surface area contributed by atoms with Crippen molar-refractivity contribution in [1.82, 2.24) is 5.32 Å². The highest BCUT2D eigenvalue weighted by molar-refractivity contribution is 5.77. The van der Waals surface area contributed by atoms with Gasteiger partial charge in [0.05, 0.1) is 6.54 Å². The summed E-state index contributed by atoms with van der Waals surface area (Å²) in [5.74, 6) is 2.96. The van der Waals surface area contributed by atoms with Gasteiger partial charge in [0.2, 0.25) is 0 Å². The molecule has 0 rings (SSSR count). The first-order valence-electron chi connectivity index (χ1n) is 4.48. The van der Waals surface area contributed by atoms with Crippen LogP contribution in [-0.2, 0) is 0 Å². The van der Waals surface area contributed by atoms with Crippen LogP contribution in [0.2, 0.25) is 0 Å². The number of unbranched alkanes of at least 4 members (excludes halogenated alkanes) is 1. The number of nitrogens with zero attached hydrogens (tertiary/aromatic N) is 1. The zero-order valence-electron chi connectivity index (χ0n) is 7.92. The van der Waals surface area contributed by atoms with Crippen molar-refractivity contribution in [3.8, 4) is 12.3 Å². The van der Waals surface area contributed by atoms with Gasteiger partial charge in [-0.15, -0.1) is 12.3 Å². The quantitative estimate of drug-likeness (QED) is 0.227. The molecule has 5 N–H and O–H groups in total. The largest absolute Gasteiger partial charge is 0.370 e. The molecule has 13 heavy (non-hydrogen) atoms. The minimum absolute atomic E-state index is 0.465. The monoisotopic (exact) mass is 182 g/mol. The fourth-order valence-corrected chi connectivity index (χ4v) is 0.783. The summed E-state index contributed by atoms with van der Waals surface area (Å²) in [7, 11) is 0. The average molecular weight is 182 g/mol. The van der Waals surface area contributed by atoms with Crippen LogP contribution in [0.15, 0.2) is 4.99 Å².